The lowest BCUT2D eigenvalue weighted by molar-refractivity contribution is 0.103. The first kappa shape index (κ1) is 15.9. The molecule has 0 aliphatic carbocycles. The zero-order valence-electron chi connectivity index (χ0n) is 13.0. The van der Waals surface area contributed by atoms with E-state index in [2.05, 4.69) is 28.7 Å². The molecule has 0 bridgehead atoms. The van der Waals surface area contributed by atoms with Gasteiger partial charge in [-0.3, -0.25) is 0 Å². The van der Waals surface area contributed by atoms with E-state index in [1.54, 1.807) is 0 Å². The predicted octanol–water partition coefficient (Wildman–Crippen LogP) is 1.99. The highest BCUT2D eigenvalue weighted by molar-refractivity contribution is 4.77. The normalized spacial score (nSPS) is 24.7. The van der Waals surface area contributed by atoms with Crippen LogP contribution in [0, 0.1) is 5.92 Å². The summed E-state index contributed by atoms with van der Waals surface area (Å²) in [5.41, 5.74) is 0. The molecule has 2 saturated heterocycles. The van der Waals surface area contributed by atoms with Crippen molar-refractivity contribution in [3.8, 4) is 0 Å². The molecule has 0 unspecified atom stereocenters. The van der Waals surface area contributed by atoms with Gasteiger partial charge in [-0.05, 0) is 45.4 Å². The summed E-state index contributed by atoms with van der Waals surface area (Å²) in [6.07, 6.45) is 2.81. The molecule has 2 aliphatic heterocycles. The van der Waals surface area contributed by atoms with E-state index in [4.69, 9.17) is 0 Å². The summed E-state index contributed by atoms with van der Waals surface area (Å²) in [4.78, 5) is 7.71. The monoisotopic (exact) mass is 255 g/mol. The Morgan fingerprint density at radius 1 is 0.833 bits per heavy atom. The minimum absolute atomic E-state index is 0.962. The first-order valence-electron chi connectivity index (χ1n) is 7.91. The Bertz CT molecular complexity index is 192. The average molecular weight is 255 g/mol. The third-order valence-electron chi connectivity index (χ3n) is 4.27. The van der Waals surface area contributed by atoms with Crippen molar-refractivity contribution in [2.75, 3.05) is 59.4 Å². The van der Waals surface area contributed by atoms with Crippen molar-refractivity contribution in [2.24, 2.45) is 5.92 Å². The number of likely N-dealkylation sites (N-methyl/N-ethyl adjacent to an activating group) is 1. The van der Waals surface area contributed by atoms with Crippen molar-refractivity contribution in [3.63, 3.8) is 0 Å². The van der Waals surface area contributed by atoms with Crippen molar-refractivity contribution in [1.29, 1.82) is 0 Å². The maximum absolute atomic E-state index is 2.68. The van der Waals surface area contributed by atoms with Crippen LogP contribution in [0.25, 0.3) is 0 Å². The van der Waals surface area contributed by atoms with E-state index < -0.39 is 0 Å². The van der Waals surface area contributed by atoms with Gasteiger partial charge in [-0.15, -0.1) is 0 Å². The second-order valence-electron chi connectivity index (χ2n) is 5.48. The SMILES string of the molecule is CC.CCN1CCN(CC2CCN(C)CC2)CC1. The molecule has 0 amide bonds. The second-order valence-corrected chi connectivity index (χ2v) is 5.48. The summed E-state index contributed by atoms with van der Waals surface area (Å²) >= 11 is 0. The molecule has 2 fully saturated rings. The van der Waals surface area contributed by atoms with E-state index in [9.17, 15) is 0 Å². The molecule has 2 aliphatic rings. The first-order valence-corrected chi connectivity index (χ1v) is 7.91. The molecular weight excluding hydrogens is 222 g/mol. The minimum Gasteiger partial charge on any atom is -0.306 e. The lowest BCUT2D eigenvalue weighted by Crippen LogP contribution is -2.48. The minimum atomic E-state index is 0.962. The van der Waals surface area contributed by atoms with Crippen LogP contribution in [0.3, 0.4) is 0 Å². The molecule has 3 nitrogen and oxygen atoms in total. The molecule has 108 valence electrons. The number of hydrogen-bond acceptors (Lipinski definition) is 3. The maximum atomic E-state index is 2.68. The van der Waals surface area contributed by atoms with E-state index in [1.165, 1.54) is 65.2 Å². The number of piperazine rings is 1. The summed E-state index contributed by atoms with van der Waals surface area (Å²) in [6, 6.07) is 0. The number of rotatable bonds is 3. The van der Waals surface area contributed by atoms with Gasteiger partial charge in [0.25, 0.3) is 0 Å². The number of piperidine rings is 1. The average Bonchev–Trinajstić information content (AvgIpc) is 2.44. The summed E-state index contributed by atoms with van der Waals surface area (Å²) < 4.78 is 0. The van der Waals surface area contributed by atoms with Gasteiger partial charge < -0.3 is 14.7 Å². The number of nitrogens with zero attached hydrogens (tertiary/aromatic N) is 3. The molecule has 0 aromatic rings. The zero-order valence-corrected chi connectivity index (χ0v) is 13.0. The molecular formula is C15H33N3. The lowest BCUT2D eigenvalue weighted by Gasteiger charge is -2.38. The Balaban J connectivity index is 0.000000771. The van der Waals surface area contributed by atoms with Crippen LogP contribution in [0.1, 0.15) is 33.6 Å². The summed E-state index contributed by atoms with van der Waals surface area (Å²) in [5.74, 6) is 0.962. The van der Waals surface area contributed by atoms with Crippen molar-refractivity contribution >= 4 is 0 Å². The molecule has 0 aromatic heterocycles. The van der Waals surface area contributed by atoms with Crippen molar-refractivity contribution in [3.05, 3.63) is 0 Å². The lowest BCUT2D eigenvalue weighted by atomic mass is 9.96. The van der Waals surface area contributed by atoms with Crippen molar-refractivity contribution in [1.82, 2.24) is 14.7 Å². The highest BCUT2D eigenvalue weighted by Gasteiger charge is 2.21. The van der Waals surface area contributed by atoms with Crippen LogP contribution in [0.5, 0.6) is 0 Å². The summed E-state index contributed by atoms with van der Waals surface area (Å²) in [6.45, 7) is 16.6. The maximum Gasteiger partial charge on any atom is 0.0110 e. The molecule has 0 N–H and O–H groups in total. The van der Waals surface area contributed by atoms with Gasteiger partial charge in [-0.2, -0.15) is 0 Å². The van der Waals surface area contributed by atoms with Gasteiger partial charge in [0, 0.05) is 32.7 Å². The van der Waals surface area contributed by atoms with Gasteiger partial charge in [-0.1, -0.05) is 20.8 Å². The fourth-order valence-electron chi connectivity index (χ4n) is 2.90. The molecule has 18 heavy (non-hydrogen) atoms. The van der Waals surface area contributed by atoms with Crippen LogP contribution < -0.4 is 0 Å². The topological polar surface area (TPSA) is 9.72 Å². The van der Waals surface area contributed by atoms with Gasteiger partial charge in [0.2, 0.25) is 0 Å². The quantitative estimate of drug-likeness (QED) is 0.764. The van der Waals surface area contributed by atoms with E-state index in [0.717, 1.165) is 5.92 Å². The second kappa shape index (κ2) is 8.89. The highest BCUT2D eigenvalue weighted by atomic mass is 15.3. The molecule has 0 radical (unpaired) electrons. The third-order valence-corrected chi connectivity index (χ3v) is 4.27. The van der Waals surface area contributed by atoms with E-state index in [-0.39, 0.29) is 0 Å². The fraction of sp³-hybridized carbons (Fsp3) is 1.00. The van der Waals surface area contributed by atoms with Crippen LogP contribution in [0.4, 0.5) is 0 Å². The third kappa shape index (κ3) is 5.25. The first-order chi connectivity index (χ1) is 8.78. The van der Waals surface area contributed by atoms with Crippen LogP contribution in [0.15, 0.2) is 0 Å². The van der Waals surface area contributed by atoms with Gasteiger partial charge in [0.1, 0.15) is 0 Å². The molecule has 3 heteroatoms. The molecule has 0 aromatic carbocycles. The Morgan fingerprint density at radius 2 is 1.33 bits per heavy atom. The van der Waals surface area contributed by atoms with Gasteiger partial charge in [-0.25, -0.2) is 0 Å². The molecule has 0 saturated carbocycles. The Kier molecular flexibility index (Phi) is 7.87. The molecule has 2 heterocycles. The van der Waals surface area contributed by atoms with Crippen LogP contribution in [0.2, 0.25) is 0 Å². The fourth-order valence-corrected chi connectivity index (χ4v) is 2.90. The van der Waals surface area contributed by atoms with E-state index in [0.29, 0.717) is 0 Å². The Morgan fingerprint density at radius 3 is 1.83 bits per heavy atom. The van der Waals surface area contributed by atoms with Gasteiger partial charge >= 0.3 is 0 Å². The van der Waals surface area contributed by atoms with Crippen molar-refractivity contribution < 1.29 is 0 Å². The molecule has 2 rings (SSSR count). The standard InChI is InChI=1S/C13H27N3.C2H6/c1-3-15-8-10-16(11-9-15)12-13-4-6-14(2)7-5-13;1-2/h13H,3-12H2,1-2H3;1-2H3. The largest absolute Gasteiger partial charge is 0.306 e. The number of likely N-dealkylation sites (tertiary alicyclic amines) is 1. The van der Waals surface area contributed by atoms with Gasteiger partial charge in [0.15, 0.2) is 0 Å². The predicted molar refractivity (Wildman–Crippen MR) is 80.1 cm³/mol. The van der Waals surface area contributed by atoms with Crippen LogP contribution >= 0.6 is 0 Å². The zero-order chi connectivity index (χ0) is 13.4. The van der Waals surface area contributed by atoms with Crippen LogP contribution in [-0.4, -0.2) is 74.1 Å². The highest BCUT2D eigenvalue weighted by Crippen LogP contribution is 2.17. The van der Waals surface area contributed by atoms with Crippen LogP contribution in [-0.2, 0) is 0 Å². The Hall–Kier alpha value is -0.120. The van der Waals surface area contributed by atoms with E-state index in [1.807, 2.05) is 13.8 Å². The van der Waals surface area contributed by atoms with Gasteiger partial charge in [0.05, 0.1) is 0 Å². The number of hydrogen-bond donors (Lipinski definition) is 0. The summed E-state index contributed by atoms with van der Waals surface area (Å²) in [7, 11) is 2.25. The van der Waals surface area contributed by atoms with E-state index >= 15 is 0 Å². The smallest absolute Gasteiger partial charge is 0.0110 e. The molecule has 0 spiro atoms. The Labute approximate surface area is 114 Å². The van der Waals surface area contributed by atoms with Crippen molar-refractivity contribution in [2.45, 2.75) is 33.6 Å². The molecule has 0 atom stereocenters. The summed E-state index contributed by atoms with van der Waals surface area (Å²) in [5, 5.41) is 0.